The lowest BCUT2D eigenvalue weighted by molar-refractivity contribution is -0.130. The molecule has 2 aliphatic carbocycles. The molecule has 3 aliphatic rings. The zero-order valence-corrected chi connectivity index (χ0v) is 10.5. The Morgan fingerprint density at radius 2 is 1.82 bits per heavy atom. The third-order valence-corrected chi connectivity index (χ3v) is 4.63. The molecule has 0 radical (unpaired) electrons. The zero-order chi connectivity index (χ0) is 11.9. The van der Waals surface area contributed by atoms with Crippen molar-refractivity contribution in [3.8, 4) is 0 Å². The molecule has 3 rings (SSSR count). The summed E-state index contributed by atoms with van der Waals surface area (Å²) in [5.74, 6) is 0.0913. The third-order valence-electron chi connectivity index (χ3n) is 4.63. The van der Waals surface area contributed by atoms with Crippen molar-refractivity contribution in [1.29, 1.82) is 0 Å². The number of nitrogens with zero attached hydrogens (tertiary/aromatic N) is 1. The van der Waals surface area contributed by atoms with Crippen molar-refractivity contribution < 1.29 is 4.79 Å². The van der Waals surface area contributed by atoms with Crippen LogP contribution in [-0.2, 0) is 4.79 Å². The van der Waals surface area contributed by atoms with Crippen LogP contribution in [0.5, 0.6) is 0 Å². The number of rotatable bonds is 3. The summed E-state index contributed by atoms with van der Waals surface area (Å²) in [6, 6.07) is 1.22. The number of piperidine rings is 1. The van der Waals surface area contributed by atoms with Gasteiger partial charge in [0.1, 0.15) is 0 Å². The van der Waals surface area contributed by atoms with Crippen LogP contribution in [0.15, 0.2) is 0 Å². The van der Waals surface area contributed by atoms with Crippen LogP contribution in [0.2, 0.25) is 0 Å². The first-order valence-electron chi connectivity index (χ1n) is 7.01. The van der Waals surface area contributed by atoms with E-state index in [9.17, 15) is 4.79 Å². The smallest absolute Gasteiger partial charge is 0.240 e. The maximum atomic E-state index is 12.0. The number of carbonyl (C=O) groups is 1. The first-order valence-corrected chi connectivity index (χ1v) is 7.01. The lowest BCUT2D eigenvalue weighted by atomic mass is 9.77. The summed E-state index contributed by atoms with van der Waals surface area (Å²) in [4.78, 5) is 14.6. The largest absolute Gasteiger partial charge is 0.352 e. The van der Waals surface area contributed by atoms with Crippen molar-refractivity contribution in [2.45, 2.75) is 62.6 Å². The van der Waals surface area contributed by atoms with E-state index in [0.29, 0.717) is 6.04 Å². The van der Waals surface area contributed by atoms with Crippen molar-refractivity contribution >= 4 is 5.91 Å². The molecule has 0 aromatic heterocycles. The summed E-state index contributed by atoms with van der Waals surface area (Å²) >= 11 is 0. The summed E-state index contributed by atoms with van der Waals surface area (Å²) in [7, 11) is 0. The van der Waals surface area contributed by atoms with E-state index < -0.39 is 5.54 Å². The maximum Gasteiger partial charge on any atom is 0.240 e. The van der Waals surface area contributed by atoms with Gasteiger partial charge in [0, 0.05) is 25.2 Å². The van der Waals surface area contributed by atoms with Crippen LogP contribution >= 0.6 is 0 Å². The van der Waals surface area contributed by atoms with Gasteiger partial charge in [-0.3, -0.25) is 4.79 Å². The third kappa shape index (κ3) is 2.33. The molecule has 1 aliphatic heterocycles. The van der Waals surface area contributed by atoms with Gasteiger partial charge in [-0.2, -0.15) is 0 Å². The fourth-order valence-electron chi connectivity index (χ4n) is 2.96. The van der Waals surface area contributed by atoms with Gasteiger partial charge in [0.25, 0.3) is 0 Å². The Balaban J connectivity index is 1.45. The molecule has 0 aromatic carbocycles. The van der Waals surface area contributed by atoms with Crippen LogP contribution < -0.4 is 11.1 Å². The molecule has 0 spiro atoms. The monoisotopic (exact) mass is 237 g/mol. The van der Waals surface area contributed by atoms with Crippen molar-refractivity contribution in [3.63, 3.8) is 0 Å². The van der Waals surface area contributed by atoms with Crippen molar-refractivity contribution in [2.75, 3.05) is 13.1 Å². The van der Waals surface area contributed by atoms with Crippen LogP contribution in [0.4, 0.5) is 0 Å². The average molecular weight is 237 g/mol. The van der Waals surface area contributed by atoms with Gasteiger partial charge in [-0.05, 0) is 44.9 Å². The van der Waals surface area contributed by atoms with E-state index >= 15 is 0 Å². The molecule has 3 N–H and O–H groups in total. The summed E-state index contributed by atoms with van der Waals surface area (Å²) in [6.07, 6.45) is 7.77. The number of nitrogens with one attached hydrogen (secondary N) is 1. The van der Waals surface area contributed by atoms with Gasteiger partial charge in [0.05, 0.1) is 5.54 Å². The van der Waals surface area contributed by atoms with Gasteiger partial charge in [-0.15, -0.1) is 0 Å². The van der Waals surface area contributed by atoms with Crippen LogP contribution in [0, 0.1) is 0 Å². The number of amides is 1. The second kappa shape index (κ2) is 4.25. The standard InChI is InChI=1S/C13H23N3O/c14-13(6-1-7-13)12(17)15-10-4-8-16(9-5-10)11-2-3-11/h10-11H,1-9,14H2,(H,15,17). The quantitative estimate of drug-likeness (QED) is 0.756. The molecule has 1 amide bonds. The molecule has 3 fully saturated rings. The molecular formula is C13H23N3O. The minimum atomic E-state index is -0.534. The van der Waals surface area contributed by atoms with Crippen molar-refractivity contribution in [2.24, 2.45) is 5.73 Å². The Hall–Kier alpha value is -0.610. The Labute approximate surface area is 103 Å². The molecule has 1 heterocycles. The first kappa shape index (κ1) is 11.5. The Kier molecular flexibility index (Phi) is 2.87. The minimum Gasteiger partial charge on any atom is -0.352 e. The molecule has 0 aromatic rings. The highest BCUT2D eigenvalue weighted by Gasteiger charge is 2.41. The molecule has 2 saturated carbocycles. The number of hydrogen-bond donors (Lipinski definition) is 2. The van der Waals surface area contributed by atoms with E-state index in [4.69, 9.17) is 5.73 Å². The predicted molar refractivity (Wildman–Crippen MR) is 66.5 cm³/mol. The minimum absolute atomic E-state index is 0.0913. The zero-order valence-electron chi connectivity index (χ0n) is 10.5. The number of likely N-dealkylation sites (tertiary alicyclic amines) is 1. The van der Waals surface area contributed by atoms with Gasteiger partial charge < -0.3 is 16.0 Å². The highest BCUT2D eigenvalue weighted by molar-refractivity contribution is 5.87. The topological polar surface area (TPSA) is 58.4 Å². The number of carbonyl (C=O) groups excluding carboxylic acids is 1. The fourth-order valence-corrected chi connectivity index (χ4v) is 2.96. The van der Waals surface area contributed by atoms with E-state index in [1.807, 2.05) is 0 Å². The van der Waals surface area contributed by atoms with E-state index in [1.165, 1.54) is 12.8 Å². The molecular weight excluding hydrogens is 214 g/mol. The van der Waals surface area contributed by atoms with E-state index in [0.717, 1.165) is 51.2 Å². The van der Waals surface area contributed by atoms with Crippen molar-refractivity contribution in [1.82, 2.24) is 10.2 Å². The number of nitrogens with two attached hydrogens (primary N) is 1. The normalized spacial score (nSPS) is 29.7. The molecule has 0 unspecified atom stereocenters. The fraction of sp³-hybridized carbons (Fsp3) is 0.923. The summed E-state index contributed by atoms with van der Waals surface area (Å²) in [5.41, 5.74) is 5.49. The van der Waals surface area contributed by atoms with Crippen LogP contribution in [0.1, 0.15) is 44.9 Å². The Bertz CT molecular complexity index is 302. The van der Waals surface area contributed by atoms with Crippen LogP contribution in [0.25, 0.3) is 0 Å². The molecule has 0 atom stereocenters. The van der Waals surface area contributed by atoms with E-state index in [1.54, 1.807) is 0 Å². The summed E-state index contributed by atoms with van der Waals surface area (Å²) < 4.78 is 0. The molecule has 4 nitrogen and oxygen atoms in total. The Morgan fingerprint density at radius 3 is 2.29 bits per heavy atom. The van der Waals surface area contributed by atoms with Gasteiger partial charge in [-0.25, -0.2) is 0 Å². The lowest BCUT2D eigenvalue weighted by Crippen LogP contribution is -2.61. The predicted octanol–water partition coefficient (Wildman–Crippen LogP) is 0.611. The van der Waals surface area contributed by atoms with Gasteiger partial charge in [-0.1, -0.05) is 0 Å². The second-order valence-corrected chi connectivity index (χ2v) is 6.02. The SMILES string of the molecule is NC1(C(=O)NC2CCN(C3CC3)CC2)CCC1. The molecule has 17 heavy (non-hydrogen) atoms. The molecule has 0 bridgehead atoms. The highest BCUT2D eigenvalue weighted by Crippen LogP contribution is 2.31. The van der Waals surface area contributed by atoms with Crippen LogP contribution in [-0.4, -0.2) is 41.5 Å². The Morgan fingerprint density at radius 1 is 1.18 bits per heavy atom. The summed E-state index contributed by atoms with van der Waals surface area (Å²) in [6.45, 7) is 2.29. The van der Waals surface area contributed by atoms with Gasteiger partial charge in [0.15, 0.2) is 0 Å². The lowest BCUT2D eigenvalue weighted by Gasteiger charge is -2.39. The van der Waals surface area contributed by atoms with Gasteiger partial charge in [0.2, 0.25) is 5.91 Å². The highest BCUT2D eigenvalue weighted by atomic mass is 16.2. The second-order valence-electron chi connectivity index (χ2n) is 6.02. The average Bonchev–Trinajstić information content (AvgIpc) is 3.11. The van der Waals surface area contributed by atoms with Gasteiger partial charge >= 0.3 is 0 Å². The van der Waals surface area contributed by atoms with E-state index in [2.05, 4.69) is 10.2 Å². The molecule has 1 saturated heterocycles. The first-order chi connectivity index (χ1) is 8.17. The number of hydrogen-bond acceptors (Lipinski definition) is 3. The van der Waals surface area contributed by atoms with Crippen LogP contribution in [0.3, 0.4) is 0 Å². The van der Waals surface area contributed by atoms with Crippen molar-refractivity contribution in [3.05, 3.63) is 0 Å². The summed E-state index contributed by atoms with van der Waals surface area (Å²) in [5, 5.41) is 3.15. The van der Waals surface area contributed by atoms with E-state index in [-0.39, 0.29) is 5.91 Å². The molecule has 4 heteroatoms. The molecule has 96 valence electrons. The maximum absolute atomic E-state index is 12.0.